The molecule has 7 heteroatoms. The van der Waals surface area contributed by atoms with Crippen molar-refractivity contribution in [3.8, 4) is 0 Å². The molecule has 1 aliphatic rings. The highest BCUT2D eigenvalue weighted by molar-refractivity contribution is 5.87. The Morgan fingerprint density at radius 3 is 2.62 bits per heavy atom. The fraction of sp³-hybridized carbons (Fsp3) is 0.556. The molecule has 0 aromatic carbocycles. The van der Waals surface area contributed by atoms with Crippen LogP contribution in [0.5, 0.6) is 0 Å². The zero-order chi connectivity index (χ0) is 12.0. The van der Waals surface area contributed by atoms with Crippen molar-refractivity contribution >= 4 is 5.97 Å². The fourth-order valence-corrected chi connectivity index (χ4v) is 1.61. The highest BCUT2D eigenvalue weighted by Crippen LogP contribution is 2.58. The Bertz CT molecular complexity index is 421. The number of aromatic amines is 1. The average molecular weight is 234 g/mol. The smallest absolute Gasteiger partial charge is 0.399 e. The first kappa shape index (κ1) is 11.0. The quantitative estimate of drug-likeness (QED) is 0.793. The van der Waals surface area contributed by atoms with Crippen molar-refractivity contribution in [3.63, 3.8) is 0 Å². The molecule has 1 heterocycles. The molecule has 1 aliphatic carbocycles. The van der Waals surface area contributed by atoms with Crippen molar-refractivity contribution in [2.24, 2.45) is 0 Å². The summed E-state index contributed by atoms with van der Waals surface area (Å²) in [6.45, 7) is 0. The largest absolute Gasteiger partial charge is 0.464 e. The van der Waals surface area contributed by atoms with Gasteiger partial charge in [-0.2, -0.15) is 18.3 Å². The van der Waals surface area contributed by atoms with Gasteiger partial charge in [0.05, 0.1) is 12.8 Å². The van der Waals surface area contributed by atoms with Crippen LogP contribution in [0.4, 0.5) is 13.2 Å². The molecular weight excluding hydrogens is 225 g/mol. The molecule has 0 spiro atoms. The lowest BCUT2D eigenvalue weighted by Crippen LogP contribution is -2.29. The summed E-state index contributed by atoms with van der Waals surface area (Å²) in [5.41, 5.74) is -2.04. The summed E-state index contributed by atoms with van der Waals surface area (Å²) in [6.07, 6.45) is -4.26. The van der Waals surface area contributed by atoms with Crippen LogP contribution in [0.15, 0.2) is 6.07 Å². The number of carbonyl (C=O) groups excluding carboxylic acids is 1. The third kappa shape index (κ3) is 1.46. The Balaban J connectivity index is 2.30. The molecule has 2 rings (SSSR count). The number of hydrogen-bond acceptors (Lipinski definition) is 3. The van der Waals surface area contributed by atoms with Gasteiger partial charge in [0, 0.05) is 0 Å². The van der Waals surface area contributed by atoms with Crippen molar-refractivity contribution < 1.29 is 22.7 Å². The number of alkyl halides is 3. The van der Waals surface area contributed by atoms with Crippen LogP contribution in [0.25, 0.3) is 0 Å². The Morgan fingerprint density at radius 1 is 1.56 bits per heavy atom. The number of methoxy groups -OCH3 is 1. The summed E-state index contributed by atoms with van der Waals surface area (Å²) < 4.78 is 42.5. The zero-order valence-corrected chi connectivity index (χ0v) is 8.39. The molecule has 88 valence electrons. The molecule has 16 heavy (non-hydrogen) atoms. The second-order valence-electron chi connectivity index (χ2n) is 3.74. The number of hydrogen-bond donors (Lipinski definition) is 1. The molecule has 0 bridgehead atoms. The van der Waals surface area contributed by atoms with E-state index in [1.54, 1.807) is 0 Å². The number of halogens is 3. The maximum atomic E-state index is 12.7. The first-order chi connectivity index (χ1) is 7.40. The predicted octanol–water partition coefficient (Wildman–Crippen LogP) is 1.79. The van der Waals surface area contributed by atoms with E-state index in [0.29, 0.717) is 0 Å². The molecule has 1 aromatic rings. The van der Waals surface area contributed by atoms with E-state index in [2.05, 4.69) is 14.9 Å². The van der Waals surface area contributed by atoms with E-state index in [-0.39, 0.29) is 24.2 Å². The molecule has 1 N–H and O–H groups in total. The van der Waals surface area contributed by atoms with Crippen molar-refractivity contribution in [2.45, 2.75) is 24.4 Å². The maximum Gasteiger partial charge on any atom is 0.399 e. The van der Waals surface area contributed by atoms with Gasteiger partial charge in [0.2, 0.25) is 0 Å². The number of H-pyrrole nitrogens is 1. The molecule has 0 amide bonds. The van der Waals surface area contributed by atoms with Gasteiger partial charge in [0.25, 0.3) is 0 Å². The number of nitrogens with one attached hydrogen (secondary N) is 1. The standard InChI is InChI=1S/C9H9F3N2O2/c1-16-7(15)5-4-6(14-13-5)8(2-3-8)9(10,11)12/h4H,2-3H2,1H3,(H,13,14). The molecule has 0 saturated heterocycles. The number of rotatable bonds is 2. The van der Waals surface area contributed by atoms with Crippen LogP contribution in [-0.2, 0) is 10.2 Å². The molecule has 0 radical (unpaired) electrons. The number of nitrogens with zero attached hydrogens (tertiary/aromatic N) is 1. The number of aromatic nitrogens is 2. The molecule has 0 aliphatic heterocycles. The van der Waals surface area contributed by atoms with Crippen LogP contribution in [0.1, 0.15) is 29.0 Å². The van der Waals surface area contributed by atoms with Gasteiger partial charge in [-0.3, -0.25) is 5.10 Å². The molecule has 0 unspecified atom stereocenters. The third-order valence-corrected chi connectivity index (χ3v) is 2.78. The molecule has 1 aromatic heterocycles. The van der Waals surface area contributed by atoms with Crippen molar-refractivity contribution in [1.82, 2.24) is 10.2 Å². The van der Waals surface area contributed by atoms with Gasteiger partial charge in [-0.05, 0) is 18.9 Å². The van der Waals surface area contributed by atoms with Crippen molar-refractivity contribution in [2.75, 3.05) is 7.11 Å². The Morgan fingerprint density at radius 2 is 2.19 bits per heavy atom. The average Bonchev–Trinajstić information content (AvgIpc) is 2.90. The summed E-state index contributed by atoms with van der Waals surface area (Å²) in [6, 6.07) is 1.10. The van der Waals surface area contributed by atoms with Crippen molar-refractivity contribution in [3.05, 3.63) is 17.5 Å². The van der Waals surface area contributed by atoms with E-state index >= 15 is 0 Å². The zero-order valence-electron chi connectivity index (χ0n) is 8.39. The van der Waals surface area contributed by atoms with E-state index < -0.39 is 17.6 Å². The van der Waals surface area contributed by atoms with E-state index in [4.69, 9.17) is 0 Å². The van der Waals surface area contributed by atoms with Gasteiger partial charge in [0.1, 0.15) is 5.41 Å². The first-order valence-corrected chi connectivity index (χ1v) is 4.62. The van der Waals surface area contributed by atoms with Crippen LogP contribution in [0, 0.1) is 0 Å². The molecule has 1 saturated carbocycles. The Labute approximate surface area is 88.8 Å². The lowest BCUT2D eigenvalue weighted by Gasteiger charge is -2.16. The first-order valence-electron chi connectivity index (χ1n) is 4.62. The Kier molecular flexibility index (Phi) is 2.21. The van der Waals surface area contributed by atoms with Crippen LogP contribution >= 0.6 is 0 Å². The molecule has 4 nitrogen and oxygen atoms in total. The van der Waals surface area contributed by atoms with Gasteiger partial charge < -0.3 is 4.74 Å². The lowest BCUT2D eigenvalue weighted by atomic mass is 10.0. The normalized spacial score (nSPS) is 18.2. The summed E-state index contributed by atoms with van der Waals surface area (Å²) >= 11 is 0. The number of esters is 1. The van der Waals surface area contributed by atoms with Gasteiger partial charge in [-0.15, -0.1) is 0 Å². The lowest BCUT2D eigenvalue weighted by molar-refractivity contribution is -0.161. The molecule has 1 fully saturated rings. The van der Waals surface area contributed by atoms with E-state index in [1.807, 2.05) is 0 Å². The summed E-state index contributed by atoms with van der Waals surface area (Å²) in [7, 11) is 1.15. The highest BCUT2D eigenvalue weighted by atomic mass is 19.4. The minimum absolute atomic E-state index is 0.0271. The monoisotopic (exact) mass is 234 g/mol. The van der Waals surface area contributed by atoms with Gasteiger partial charge in [0.15, 0.2) is 5.69 Å². The van der Waals surface area contributed by atoms with Gasteiger partial charge >= 0.3 is 12.1 Å². The topological polar surface area (TPSA) is 55.0 Å². The van der Waals surface area contributed by atoms with E-state index in [0.717, 1.165) is 13.2 Å². The SMILES string of the molecule is COC(=O)c1cc(C2(C(F)(F)F)CC2)[nH]n1. The fourth-order valence-electron chi connectivity index (χ4n) is 1.61. The minimum atomic E-state index is -4.31. The second kappa shape index (κ2) is 3.23. The van der Waals surface area contributed by atoms with Crippen molar-refractivity contribution in [1.29, 1.82) is 0 Å². The van der Waals surface area contributed by atoms with Crippen LogP contribution in [0.2, 0.25) is 0 Å². The minimum Gasteiger partial charge on any atom is -0.464 e. The summed E-state index contributed by atoms with van der Waals surface area (Å²) in [5, 5.41) is 5.77. The molecular formula is C9H9F3N2O2. The van der Waals surface area contributed by atoms with E-state index in [9.17, 15) is 18.0 Å². The van der Waals surface area contributed by atoms with Crippen LogP contribution < -0.4 is 0 Å². The number of ether oxygens (including phenoxy) is 1. The second-order valence-corrected chi connectivity index (χ2v) is 3.74. The number of carbonyl (C=O) groups is 1. The summed E-state index contributed by atoms with van der Waals surface area (Å²) in [4.78, 5) is 11.0. The summed E-state index contributed by atoms with van der Waals surface area (Å²) in [5.74, 6) is -0.750. The van der Waals surface area contributed by atoms with Crippen LogP contribution in [0.3, 0.4) is 0 Å². The van der Waals surface area contributed by atoms with E-state index in [1.165, 1.54) is 0 Å². The third-order valence-electron chi connectivity index (χ3n) is 2.78. The van der Waals surface area contributed by atoms with Crippen LogP contribution in [-0.4, -0.2) is 29.5 Å². The van der Waals surface area contributed by atoms with Gasteiger partial charge in [-0.25, -0.2) is 4.79 Å². The maximum absolute atomic E-state index is 12.7. The Hall–Kier alpha value is -1.53. The van der Waals surface area contributed by atoms with Gasteiger partial charge in [-0.1, -0.05) is 0 Å². The molecule has 0 atom stereocenters. The highest BCUT2D eigenvalue weighted by Gasteiger charge is 2.65. The predicted molar refractivity (Wildman–Crippen MR) is 46.9 cm³/mol.